The first kappa shape index (κ1) is 13.9. The molecule has 0 atom stereocenters. The molecule has 0 saturated carbocycles. The van der Waals surface area contributed by atoms with E-state index in [9.17, 15) is 0 Å². The molecule has 0 fully saturated rings. The van der Waals surface area contributed by atoms with Crippen molar-refractivity contribution < 1.29 is 9.47 Å². The highest BCUT2D eigenvalue weighted by atomic mass is 32.2. The zero-order valence-corrected chi connectivity index (χ0v) is 13.0. The molecule has 0 aliphatic heterocycles. The Hall–Kier alpha value is -2.06. The monoisotopic (exact) mass is 320 g/mol. The third-order valence-electron chi connectivity index (χ3n) is 2.65. The molecule has 0 amide bonds. The summed E-state index contributed by atoms with van der Waals surface area (Å²) < 4.78 is 12.1. The largest absolute Gasteiger partial charge is 0.481 e. The van der Waals surface area contributed by atoms with Crippen LogP contribution in [0.15, 0.2) is 33.8 Å². The van der Waals surface area contributed by atoms with Crippen LogP contribution in [0.4, 0.5) is 5.69 Å². The average Bonchev–Trinajstić information content (AvgIpc) is 2.87. The summed E-state index contributed by atoms with van der Waals surface area (Å²) >= 11 is 2.91. The molecule has 8 heteroatoms. The molecular formula is C13H12N4O2S2. The van der Waals surface area contributed by atoms with Crippen LogP contribution in [-0.2, 0) is 0 Å². The van der Waals surface area contributed by atoms with Crippen LogP contribution in [-0.4, -0.2) is 29.2 Å². The lowest BCUT2D eigenvalue weighted by Gasteiger charge is -2.04. The van der Waals surface area contributed by atoms with Crippen molar-refractivity contribution in [1.82, 2.24) is 15.0 Å². The van der Waals surface area contributed by atoms with E-state index in [1.165, 1.54) is 11.8 Å². The van der Waals surface area contributed by atoms with Crippen LogP contribution in [0.1, 0.15) is 0 Å². The number of nitrogens with zero attached hydrogens (tertiary/aromatic N) is 3. The van der Waals surface area contributed by atoms with Gasteiger partial charge in [-0.15, -0.1) is 11.3 Å². The highest BCUT2D eigenvalue weighted by Gasteiger charge is 2.11. The van der Waals surface area contributed by atoms with Gasteiger partial charge in [-0.1, -0.05) is 0 Å². The van der Waals surface area contributed by atoms with Gasteiger partial charge in [-0.05, 0) is 30.0 Å². The molecule has 0 spiro atoms. The minimum atomic E-state index is 0.453. The Balaban J connectivity index is 1.94. The number of hydrogen-bond donors (Lipinski definition) is 1. The van der Waals surface area contributed by atoms with Crippen LogP contribution in [0.3, 0.4) is 0 Å². The Labute approximate surface area is 129 Å². The number of fused-ring (bicyclic) bond motifs is 1. The van der Waals surface area contributed by atoms with Gasteiger partial charge in [0.15, 0.2) is 4.34 Å². The molecule has 0 aliphatic rings. The van der Waals surface area contributed by atoms with E-state index >= 15 is 0 Å². The van der Waals surface area contributed by atoms with Gasteiger partial charge in [0.25, 0.3) is 0 Å². The van der Waals surface area contributed by atoms with Crippen LogP contribution in [0.2, 0.25) is 0 Å². The highest BCUT2D eigenvalue weighted by Crippen LogP contribution is 2.34. The van der Waals surface area contributed by atoms with Crippen molar-refractivity contribution in [3.05, 3.63) is 24.3 Å². The molecule has 1 aromatic carbocycles. The smallest absolute Gasteiger partial charge is 0.220 e. The van der Waals surface area contributed by atoms with Crippen LogP contribution < -0.4 is 15.2 Å². The molecule has 0 aliphatic carbocycles. The maximum Gasteiger partial charge on any atom is 0.220 e. The summed E-state index contributed by atoms with van der Waals surface area (Å²) in [7, 11) is 3.10. The summed E-state index contributed by atoms with van der Waals surface area (Å²) in [4.78, 5) is 13.1. The third kappa shape index (κ3) is 3.01. The second kappa shape index (κ2) is 5.74. The molecule has 2 N–H and O–H groups in total. The zero-order chi connectivity index (χ0) is 14.8. The number of benzene rings is 1. The Morgan fingerprint density at radius 2 is 1.76 bits per heavy atom. The number of rotatable bonds is 4. The fraction of sp³-hybridized carbons (Fsp3) is 0.154. The lowest BCUT2D eigenvalue weighted by Crippen LogP contribution is -1.95. The Morgan fingerprint density at radius 1 is 1.05 bits per heavy atom. The molecule has 21 heavy (non-hydrogen) atoms. The summed E-state index contributed by atoms with van der Waals surface area (Å²) in [5.74, 6) is 0.907. The second-order valence-electron chi connectivity index (χ2n) is 4.04. The molecule has 0 bridgehead atoms. The van der Waals surface area contributed by atoms with Gasteiger partial charge >= 0.3 is 0 Å². The van der Waals surface area contributed by atoms with Gasteiger partial charge in [0.1, 0.15) is 0 Å². The van der Waals surface area contributed by atoms with Crippen molar-refractivity contribution in [1.29, 1.82) is 0 Å². The summed E-state index contributed by atoms with van der Waals surface area (Å²) in [6, 6.07) is 7.27. The van der Waals surface area contributed by atoms with Gasteiger partial charge in [-0.25, -0.2) is 4.98 Å². The summed E-state index contributed by atoms with van der Waals surface area (Å²) in [5, 5.41) is 0.526. The molecule has 108 valence electrons. The number of anilines is 1. The van der Waals surface area contributed by atoms with Gasteiger partial charge in [-0.2, -0.15) is 9.97 Å². The summed E-state index contributed by atoms with van der Waals surface area (Å²) in [5.41, 5.74) is 7.41. The fourth-order valence-electron chi connectivity index (χ4n) is 1.68. The Bertz CT molecular complexity index is 769. The molecule has 6 nitrogen and oxygen atoms in total. The number of aromatic nitrogens is 3. The molecule has 0 radical (unpaired) electrons. The van der Waals surface area contributed by atoms with Crippen molar-refractivity contribution in [3.8, 4) is 11.8 Å². The van der Waals surface area contributed by atoms with E-state index in [2.05, 4.69) is 15.0 Å². The number of nitrogens with two attached hydrogens (primary N) is 1. The topological polar surface area (TPSA) is 83.2 Å². The van der Waals surface area contributed by atoms with Crippen molar-refractivity contribution in [3.63, 3.8) is 0 Å². The Kier molecular flexibility index (Phi) is 3.80. The molecule has 3 rings (SSSR count). The van der Waals surface area contributed by atoms with Crippen molar-refractivity contribution >= 4 is 39.0 Å². The van der Waals surface area contributed by atoms with Gasteiger partial charge < -0.3 is 15.2 Å². The lowest BCUT2D eigenvalue weighted by atomic mass is 10.3. The van der Waals surface area contributed by atoms with E-state index < -0.39 is 0 Å². The number of methoxy groups -OCH3 is 2. The van der Waals surface area contributed by atoms with E-state index in [0.717, 1.165) is 20.2 Å². The van der Waals surface area contributed by atoms with Crippen LogP contribution >= 0.6 is 23.1 Å². The van der Waals surface area contributed by atoms with Gasteiger partial charge in [0, 0.05) is 5.69 Å². The maximum absolute atomic E-state index is 5.78. The Morgan fingerprint density at radius 3 is 2.43 bits per heavy atom. The molecule has 2 heterocycles. The normalized spacial score (nSPS) is 10.8. The first-order valence-corrected chi connectivity index (χ1v) is 7.62. The molecular weight excluding hydrogens is 308 g/mol. The predicted molar refractivity (Wildman–Crippen MR) is 83.3 cm³/mol. The SMILES string of the molecule is COc1cc(OC)nc(Sc2nc3ccc(N)cc3s2)n1. The summed E-state index contributed by atoms with van der Waals surface area (Å²) in [6.45, 7) is 0. The molecule has 2 aromatic heterocycles. The van der Waals surface area contributed by atoms with E-state index in [4.69, 9.17) is 15.2 Å². The zero-order valence-electron chi connectivity index (χ0n) is 11.4. The van der Waals surface area contributed by atoms with Gasteiger partial charge in [0.05, 0.1) is 30.5 Å². The van der Waals surface area contributed by atoms with Crippen LogP contribution in [0, 0.1) is 0 Å². The van der Waals surface area contributed by atoms with Crippen molar-refractivity contribution in [2.45, 2.75) is 9.50 Å². The second-order valence-corrected chi connectivity index (χ2v) is 6.29. The van der Waals surface area contributed by atoms with Gasteiger partial charge in [-0.3, -0.25) is 0 Å². The predicted octanol–water partition coefficient (Wildman–Crippen LogP) is 2.84. The van der Waals surface area contributed by atoms with Crippen LogP contribution in [0.5, 0.6) is 11.8 Å². The molecule has 3 aromatic rings. The molecule has 0 unspecified atom stereocenters. The number of thiazole rings is 1. The quantitative estimate of drug-likeness (QED) is 0.584. The first-order valence-electron chi connectivity index (χ1n) is 5.99. The standard InChI is InChI=1S/C13H12N4O2S2/c1-18-10-6-11(19-2)17-12(16-10)21-13-15-8-4-3-7(14)5-9(8)20-13/h3-6H,14H2,1-2H3. The highest BCUT2D eigenvalue weighted by molar-refractivity contribution is 8.01. The number of ether oxygens (including phenoxy) is 2. The van der Waals surface area contributed by atoms with Gasteiger partial charge in [0.2, 0.25) is 16.9 Å². The van der Waals surface area contributed by atoms with E-state index in [-0.39, 0.29) is 0 Å². The molecule has 0 saturated heterocycles. The van der Waals surface area contributed by atoms with E-state index in [1.54, 1.807) is 31.6 Å². The first-order chi connectivity index (χ1) is 10.2. The summed E-state index contributed by atoms with van der Waals surface area (Å²) in [6.07, 6.45) is 0. The number of nitrogen functional groups attached to an aromatic ring is 1. The average molecular weight is 320 g/mol. The maximum atomic E-state index is 5.78. The lowest BCUT2D eigenvalue weighted by molar-refractivity contribution is 0.364. The van der Waals surface area contributed by atoms with Crippen molar-refractivity contribution in [2.75, 3.05) is 20.0 Å². The van der Waals surface area contributed by atoms with Crippen LogP contribution in [0.25, 0.3) is 10.2 Å². The third-order valence-corrected chi connectivity index (χ3v) is 4.59. The fourth-order valence-corrected chi connectivity index (χ4v) is 3.66. The minimum absolute atomic E-state index is 0.453. The number of hydrogen-bond acceptors (Lipinski definition) is 8. The van der Waals surface area contributed by atoms with E-state index in [0.29, 0.717) is 16.9 Å². The van der Waals surface area contributed by atoms with Crippen molar-refractivity contribution in [2.24, 2.45) is 0 Å². The minimum Gasteiger partial charge on any atom is -0.481 e. The van der Waals surface area contributed by atoms with E-state index in [1.807, 2.05) is 18.2 Å².